The van der Waals surface area contributed by atoms with Gasteiger partial charge in [-0.3, -0.25) is 9.10 Å². The zero-order valence-corrected chi connectivity index (χ0v) is 19.7. The smallest absolute Gasteiger partial charge is 0.264 e. The molecule has 1 unspecified atom stereocenters. The maximum absolute atomic E-state index is 13.4. The molecule has 1 atom stereocenters. The molecule has 1 N–H and O–H groups in total. The maximum Gasteiger partial charge on any atom is 0.264 e. The SMILES string of the molecule is COc1cccc(N(CC(=O)NC(C)COc2ccc(C)cc2)S(=O)(=O)c2ccccc2)c1. The van der Waals surface area contributed by atoms with Crippen LogP contribution in [0, 0.1) is 6.92 Å². The number of amides is 1. The van der Waals surface area contributed by atoms with Crippen LogP contribution in [0.4, 0.5) is 5.69 Å². The zero-order chi connectivity index (χ0) is 23.8. The first kappa shape index (κ1) is 24.1. The van der Waals surface area contributed by atoms with Crippen molar-refractivity contribution >= 4 is 21.6 Å². The molecule has 0 fully saturated rings. The molecule has 0 saturated carbocycles. The number of benzene rings is 3. The molecule has 8 heteroatoms. The Balaban J connectivity index is 1.75. The van der Waals surface area contributed by atoms with Gasteiger partial charge in [0.15, 0.2) is 0 Å². The Morgan fingerprint density at radius 1 is 0.970 bits per heavy atom. The van der Waals surface area contributed by atoms with Crippen LogP contribution < -0.4 is 19.1 Å². The number of nitrogens with one attached hydrogen (secondary N) is 1. The number of nitrogens with zero attached hydrogens (tertiary/aromatic N) is 1. The molecule has 174 valence electrons. The molecule has 1 amide bonds. The van der Waals surface area contributed by atoms with E-state index in [0.29, 0.717) is 17.2 Å². The van der Waals surface area contributed by atoms with E-state index in [1.54, 1.807) is 49.4 Å². The van der Waals surface area contributed by atoms with Gasteiger partial charge in [-0.25, -0.2) is 8.42 Å². The molecule has 0 saturated heterocycles. The molecule has 0 aromatic heterocycles. The van der Waals surface area contributed by atoms with Gasteiger partial charge < -0.3 is 14.8 Å². The lowest BCUT2D eigenvalue weighted by molar-refractivity contribution is -0.120. The third-order valence-corrected chi connectivity index (χ3v) is 6.68. The second-order valence-electron chi connectivity index (χ2n) is 7.62. The Bertz CT molecular complexity index is 1160. The summed E-state index contributed by atoms with van der Waals surface area (Å²) in [7, 11) is -2.49. The number of ether oxygens (including phenoxy) is 2. The van der Waals surface area contributed by atoms with Gasteiger partial charge in [-0.2, -0.15) is 0 Å². The normalized spacial score (nSPS) is 12.0. The summed E-state index contributed by atoms with van der Waals surface area (Å²) in [6.07, 6.45) is 0. The van der Waals surface area contributed by atoms with Gasteiger partial charge in [0, 0.05) is 6.07 Å². The first-order valence-electron chi connectivity index (χ1n) is 10.5. The molecule has 0 bridgehead atoms. The molecule has 0 aliphatic carbocycles. The summed E-state index contributed by atoms with van der Waals surface area (Å²) >= 11 is 0. The fourth-order valence-electron chi connectivity index (χ4n) is 3.15. The minimum Gasteiger partial charge on any atom is -0.497 e. The molecule has 3 aromatic rings. The van der Waals surface area contributed by atoms with Crippen molar-refractivity contribution in [1.29, 1.82) is 0 Å². The van der Waals surface area contributed by atoms with Crippen LogP contribution in [-0.4, -0.2) is 40.6 Å². The van der Waals surface area contributed by atoms with Crippen molar-refractivity contribution in [2.24, 2.45) is 0 Å². The van der Waals surface area contributed by atoms with E-state index in [2.05, 4.69) is 5.32 Å². The molecular formula is C25H28N2O5S. The quantitative estimate of drug-likeness (QED) is 0.490. The molecule has 0 aliphatic heterocycles. The van der Waals surface area contributed by atoms with E-state index in [4.69, 9.17) is 9.47 Å². The van der Waals surface area contributed by atoms with Gasteiger partial charge in [0.05, 0.1) is 23.7 Å². The number of hydrogen-bond donors (Lipinski definition) is 1. The van der Waals surface area contributed by atoms with Crippen molar-refractivity contribution in [3.8, 4) is 11.5 Å². The van der Waals surface area contributed by atoms with Crippen molar-refractivity contribution < 1.29 is 22.7 Å². The number of carbonyl (C=O) groups is 1. The molecule has 7 nitrogen and oxygen atoms in total. The van der Waals surface area contributed by atoms with Crippen LogP contribution >= 0.6 is 0 Å². The van der Waals surface area contributed by atoms with E-state index >= 15 is 0 Å². The first-order valence-corrected chi connectivity index (χ1v) is 11.9. The van der Waals surface area contributed by atoms with Gasteiger partial charge in [-0.15, -0.1) is 0 Å². The average molecular weight is 469 g/mol. The van der Waals surface area contributed by atoms with Crippen molar-refractivity contribution in [1.82, 2.24) is 5.32 Å². The number of aryl methyl sites for hydroxylation is 1. The predicted octanol–water partition coefficient (Wildman–Crippen LogP) is 3.78. The number of anilines is 1. The summed E-state index contributed by atoms with van der Waals surface area (Å²) in [6, 6.07) is 21.9. The summed E-state index contributed by atoms with van der Waals surface area (Å²) in [5, 5.41) is 2.81. The number of methoxy groups -OCH3 is 1. The van der Waals surface area contributed by atoms with Gasteiger partial charge in [0.25, 0.3) is 10.0 Å². The Morgan fingerprint density at radius 2 is 1.67 bits per heavy atom. The second-order valence-corrected chi connectivity index (χ2v) is 9.48. The summed E-state index contributed by atoms with van der Waals surface area (Å²) in [6.45, 7) is 3.65. The highest BCUT2D eigenvalue weighted by Crippen LogP contribution is 2.26. The van der Waals surface area contributed by atoms with E-state index in [1.165, 1.54) is 19.2 Å². The number of carbonyl (C=O) groups excluding carboxylic acids is 1. The molecule has 3 aromatic carbocycles. The lowest BCUT2D eigenvalue weighted by Gasteiger charge is -2.25. The fraction of sp³-hybridized carbons (Fsp3) is 0.240. The van der Waals surface area contributed by atoms with Gasteiger partial charge in [-0.05, 0) is 50.2 Å². The van der Waals surface area contributed by atoms with Gasteiger partial charge in [0.1, 0.15) is 24.7 Å². The fourth-order valence-corrected chi connectivity index (χ4v) is 4.58. The number of hydrogen-bond acceptors (Lipinski definition) is 5. The standard InChI is InChI=1S/C25H28N2O5S/c1-19-12-14-22(15-13-19)32-18-20(2)26-25(28)17-27(21-8-7-9-23(16-21)31-3)33(29,30)24-10-5-4-6-11-24/h4-16,20H,17-18H2,1-3H3,(H,26,28). The molecule has 0 aliphatic rings. The summed E-state index contributed by atoms with van der Waals surface area (Å²) < 4.78 is 38.8. The first-order chi connectivity index (χ1) is 15.8. The van der Waals surface area contributed by atoms with Gasteiger partial charge in [0.2, 0.25) is 5.91 Å². The van der Waals surface area contributed by atoms with E-state index in [1.807, 2.05) is 31.2 Å². The Kier molecular flexibility index (Phi) is 7.95. The minimum absolute atomic E-state index is 0.0939. The van der Waals surface area contributed by atoms with Crippen LogP contribution in [0.15, 0.2) is 83.8 Å². The van der Waals surface area contributed by atoms with Crippen molar-refractivity contribution in [2.75, 3.05) is 24.6 Å². The third kappa shape index (κ3) is 6.49. The molecule has 33 heavy (non-hydrogen) atoms. The Morgan fingerprint density at radius 3 is 2.33 bits per heavy atom. The van der Waals surface area contributed by atoms with Crippen LogP contribution in [0.3, 0.4) is 0 Å². The lowest BCUT2D eigenvalue weighted by Crippen LogP contribution is -2.45. The number of sulfonamides is 1. The molecule has 0 spiro atoms. The van der Waals surface area contributed by atoms with Crippen molar-refractivity contribution in [3.05, 3.63) is 84.4 Å². The summed E-state index contributed by atoms with van der Waals surface area (Å²) in [5.41, 5.74) is 1.46. The van der Waals surface area contributed by atoms with Crippen LogP contribution in [0.1, 0.15) is 12.5 Å². The predicted molar refractivity (Wildman–Crippen MR) is 128 cm³/mol. The maximum atomic E-state index is 13.4. The van der Waals surface area contributed by atoms with E-state index in [0.717, 1.165) is 9.87 Å². The lowest BCUT2D eigenvalue weighted by atomic mass is 10.2. The van der Waals surface area contributed by atoms with E-state index < -0.39 is 15.9 Å². The van der Waals surface area contributed by atoms with Crippen LogP contribution in [0.25, 0.3) is 0 Å². The second kappa shape index (κ2) is 10.9. The highest BCUT2D eigenvalue weighted by molar-refractivity contribution is 7.92. The van der Waals surface area contributed by atoms with E-state index in [-0.39, 0.29) is 24.1 Å². The van der Waals surface area contributed by atoms with Crippen molar-refractivity contribution in [3.63, 3.8) is 0 Å². The largest absolute Gasteiger partial charge is 0.497 e. The monoisotopic (exact) mass is 468 g/mol. The van der Waals surface area contributed by atoms with Crippen molar-refractivity contribution in [2.45, 2.75) is 24.8 Å². The number of rotatable bonds is 10. The van der Waals surface area contributed by atoms with Gasteiger partial charge >= 0.3 is 0 Å². The minimum atomic E-state index is -3.98. The Labute approximate surface area is 195 Å². The van der Waals surface area contributed by atoms with Gasteiger partial charge in [-0.1, -0.05) is 42.0 Å². The average Bonchev–Trinajstić information content (AvgIpc) is 2.82. The zero-order valence-electron chi connectivity index (χ0n) is 18.9. The molecule has 0 radical (unpaired) electrons. The Hall–Kier alpha value is -3.52. The topological polar surface area (TPSA) is 84.9 Å². The van der Waals surface area contributed by atoms with Crippen LogP contribution in [0.2, 0.25) is 0 Å². The molecular weight excluding hydrogens is 440 g/mol. The highest BCUT2D eigenvalue weighted by Gasteiger charge is 2.27. The summed E-state index contributed by atoms with van der Waals surface area (Å²) in [5.74, 6) is 0.740. The molecule has 0 heterocycles. The van der Waals surface area contributed by atoms with E-state index in [9.17, 15) is 13.2 Å². The summed E-state index contributed by atoms with van der Waals surface area (Å²) in [4.78, 5) is 12.9. The molecule has 3 rings (SSSR count). The highest BCUT2D eigenvalue weighted by atomic mass is 32.2. The third-order valence-electron chi connectivity index (χ3n) is 4.89. The van der Waals surface area contributed by atoms with Crippen LogP contribution in [0.5, 0.6) is 11.5 Å². The van der Waals surface area contributed by atoms with Crippen LogP contribution in [-0.2, 0) is 14.8 Å².